The van der Waals surface area contributed by atoms with Gasteiger partial charge >= 0.3 is 0 Å². The zero-order chi connectivity index (χ0) is 21.9. The van der Waals surface area contributed by atoms with Gasteiger partial charge in [0, 0.05) is 7.05 Å². The zero-order valence-electron chi connectivity index (χ0n) is 18.1. The molecule has 6 rings (SSSR count). The van der Waals surface area contributed by atoms with Gasteiger partial charge in [0.2, 0.25) is 11.9 Å². The fourth-order valence-electron chi connectivity index (χ4n) is 5.97. The average molecular weight is 438 g/mol. The number of hydrogen-bond donors (Lipinski definition) is 2. The average Bonchev–Trinajstić information content (AvgIpc) is 3.48. The van der Waals surface area contributed by atoms with Crippen LogP contribution in [-0.4, -0.2) is 63.3 Å². The van der Waals surface area contributed by atoms with Crippen molar-refractivity contribution in [2.45, 2.75) is 62.6 Å². The van der Waals surface area contributed by atoms with Crippen molar-refractivity contribution in [2.24, 2.45) is 0 Å². The van der Waals surface area contributed by atoms with E-state index in [-0.39, 0.29) is 18.3 Å². The lowest BCUT2D eigenvalue weighted by Crippen LogP contribution is -2.46. The molecular formula is C22H27N7O3. The summed E-state index contributed by atoms with van der Waals surface area (Å²) in [5, 5.41) is 12.8. The minimum absolute atomic E-state index is 0.00585. The van der Waals surface area contributed by atoms with Crippen molar-refractivity contribution in [3.63, 3.8) is 0 Å². The van der Waals surface area contributed by atoms with Crippen molar-refractivity contribution in [3.8, 4) is 0 Å². The van der Waals surface area contributed by atoms with Gasteiger partial charge < -0.3 is 20.1 Å². The topological polar surface area (TPSA) is 117 Å². The number of rotatable bonds is 4. The summed E-state index contributed by atoms with van der Waals surface area (Å²) in [6.07, 6.45) is 9.11. The Labute approximate surface area is 186 Å². The fourth-order valence-corrected chi connectivity index (χ4v) is 5.97. The summed E-state index contributed by atoms with van der Waals surface area (Å²) < 4.78 is 5.67. The zero-order valence-corrected chi connectivity index (χ0v) is 18.1. The molecular weight excluding hydrogens is 410 g/mol. The highest BCUT2D eigenvalue weighted by atomic mass is 16.5. The third kappa shape index (κ3) is 2.69. The van der Waals surface area contributed by atoms with Crippen LogP contribution in [0.4, 0.5) is 23.3 Å². The van der Waals surface area contributed by atoms with Crippen LogP contribution in [0.25, 0.3) is 0 Å². The smallest absolute Gasteiger partial charge is 0.243 e. The number of carbonyl (C=O) groups excluding carboxylic acids is 1. The molecule has 2 saturated heterocycles. The Morgan fingerprint density at radius 3 is 2.47 bits per heavy atom. The molecule has 2 N–H and O–H groups in total. The summed E-state index contributed by atoms with van der Waals surface area (Å²) >= 11 is 0. The Hall–Kier alpha value is -2.85. The summed E-state index contributed by atoms with van der Waals surface area (Å²) in [6.45, 7) is 1.11. The van der Waals surface area contributed by atoms with Crippen LogP contribution in [0.2, 0.25) is 0 Å². The van der Waals surface area contributed by atoms with Crippen LogP contribution in [0.5, 0.6) is 0 Å². The van der Waals surface area contributed by atoms with Gasteiger partial charge in [0.25, 0.3) is 0 Å². The van der Waals surface area contributed by atoms with E-state index in [1.165, 1.54) is 0 Å². The van der Waals surface area contributed by atoms with Crippen molar-refractivity contribution in [2.75, 3.05) is 35.4 Å². The third-order valence-corrected chi connectivity index (χ3v) is 7.43. The maximum atomic E-state index is 13.8. The van der Waals surface area contributed by atoms with E-state index in [1.54, 1.807) is 24.3 Å². The highest BCUT2D eigenvalue weighted by Crippen LogP contribution is 2.54. The first-order valence-corrected chi connectivity index (χ1v) is 11.4. The number of nitrogens with zero attached hydrogens (tertiary/aromatic N) is 6. The molecule has 2 unspecified atom stereocenters. The molecule has 1 aliphatic carbocycles. The summed E-state index contributed by atoms with van der Waals surface area (Å²) in [4.78, 5) is 36.1. The molecule has 0 aromatic carbocycles. The lowest BCUT2D eigenvalue weighted by Gasteiger charge is -2.34. The molecule has 2 aromatic rings. The predicted molar refractivity (Wildman–Crippen MR) is 117 cm³/mol. The number of aliphatic hydroxyl groups is 1. The molecule has 2 aromatic heterocycles. The molecule has 4 aliphatic rings. The maximum Gasteiger partial charge on any atom is 0.243 e. The minimum Gasteiger partial charge on any atom is -0.388 e. The van der Waals surface area contributed by atoms with E-state index in [0.29, 0.717) is 48.6 Å². The van der Waals surface area contributed by atoms with E-state index in [0.717, 1.165) is 44.1 Å². The van der Waals surface area contributed by atoms with Crippen molar-refractivity contribution in [3.05, 3.63) is 23.8 Å². The van der Waals surface area contributed by atoms with Crippen LogP contribution in [0.3, 0.4) is 0 Å². The lowest BCUT2D eigenvalue weighted by molar-refractivity contribution is -0.122. The van der Waals surface area contributed by atoms with Crippen molar-refractivity contribution in [1.29, 1.82) is 0 Å². The van der Waals surface area contributed by atoms with E-state index >= 15 is 0 Å². The van der Waals surface area contributed by atoms with Crippen molar-refractivity contribution in [1.82, 2.24) is 19.9 Å². The Kier molecular flexibility index (Phi) is 4.55. The van der Waals surface area contributed by atoms with Crippen molar-refractivity contribution >= 4 is 29.2 Å². The lowest BCUT2D eigenvalue weighted by atomic mass is 9.80. The van der Waals surface area contributed by atoms with Gasteiger partial charge in [0.15, 0.2) is 5.82 Å². The first-order valence-electron chi connectivity index (χ1n) is 11.4. The summed E-state index contributed by atoms with van der Waals surface area (Å²) in [6, 6.07) is 0.627. The molecule has 2 bridgehead atoms. The molecule has 3 aliphatic heterocycles. The fraction of sp³-hybridized carbons (Fsp3) is 0.591. The molecule has 168 valence electrons. The quantitative estimate of drug-likeness (QED) is 0.736. The van der Waals surface area contributed by atoms with Gasteiger partial charge in [-0.05, 0) is 25.7 Å². The number of ether oxygens (including phenoxy) is 1. The summed E-state index contributed by atoms with van der Waals surface area (Å²) in [5.41, 5.74) is 0.785. The third-order valence-electron chi connectivity index (χ3n) is 7.43. The van der Waals surface area contributed by atoms with Crippen LogP contribution in [0.15, 0.2) is 12.4 Å². The van der Waals surface area contributed by atoms with E-state index in [4.69, 9.17) is 4.74 Å². The number of anilines is 4. The number of amides is 1. The van der Waals surface area contributed by atoms with Crippen LogP contribution in [0, 0.1) is 0 Å². The largest absolute Gasteiger partial charge is 0.388 e. The second-order valence-corrected chi connectivity index (χ2v) is 9.10. The van der Waals surface area contributed by atoms with Crippen LogP contribution >= 0.6 is 0 Å². The van der Waals surface area contributed by atoms with E-state index < -0.39 is 5.41 Å². The maximum absolute atomic E-state index is 13.8. The second kappa shape index (κ2) is 7.35. The Bertz CT molecular complexity index is 1040. The number of aromatic nitrogens is 4. The number of aliphatic hydroxyl groups excluding tert-OH is 1. The number of carbonyl (C=O) groups is 1. The molecule has 1 spiro atoms. The summed E-state index contributed by atoms with van der Waals surface area (Å²) in [5.74, 6) is 2.10. The monoisotopic (exact) mass is 437 g/mol. The van der Waals surface area contributed by atoms with Gasteiger partial charge in [-0.25, -0.2) is 19.9 Å². The Balaban J connectivity index is 1.42. The van der Waals surface area contributed by atoms with Gasteiger partial charge in [-0.15, -0.1) is 0 Å². The molecule has 3 fully saturated rings. The number of fused-ring (bicyclic) bond motifs is 4. The van der Waals surface area contributed by atoms with Crippen LogP contribution < -0.4 is 15.1 Å². The number of nitrogens with one attached hydrogen (secondary N) is 1. The van der Waals surface area contributed by atoms with Gasteiger partial charge in [0.05, 0.1) is 54.4 Å². The van der Waals surface area contributed by atoms with E-state index in [9.17, 15) is 9.90 Å². The minimum atomic E-state index is -0.635. The molecule has 1 amide bonds. The molecule has 1 saturated carbocycles. The van der Waals surface area contributed by atoms with Crippen molar-refractivity contribution < 1.29 is 14.6 Å². The molecule has 10 heteroatoms. The highest BCUT2D eigenvalue weighted by molar-refractivity contribution is 6.13. The molecule has 5 heterocycles. The Morgan fingerprint density at radius 1 is 1.16 bits per heavy atom. The molecule has 0 radical (unpaired) electrons. The molecule has 10 nitrogen and oxygen atoms in total. The SMILES string of the molecule is CNc1nc(CO)nc2c1C1(CCCC1)C(=O)N2c1cnc(N2C3CCC2COC3)nc1. The standard InChI is InChI=1S/C22H27N7O3/c1-23-18-17-19(27-16(10-30)26-18)29(20(31)22(17)6-2-3-7-22)15-8-24-21(25-9-15)28-13-4-5-14(28)12-32-11-13/h8-9,13-14,30H,2-7,10-12H2,1H3,(H,23,26,27). The number of morpholine rings is 1. The Morgan fingerprint density at radius 2 is 1.84 bits per heavy atom. The van der Waals surface area contributed by atoms with Crippen LogP contribution in [0.1, 0.15) is 49.9 Å². The summed E-state index contributed by atoms with van der Waals surface area (Å²) in [7, 11) is 1.79. The molecule has 2 atom stereocenters. The van der Waals surface area contributed by atoms with Gasteiger partial charge in [-0.1, -0.05) is 12.8 Å². The normalized spacial score (nSPS) is 25.6. The van der Waals surface area contributed by atoms with Gasteiger partial charge in [-0.2, -0.15) is 0 Å². The van der Waals surface area contributed by atoms with E-state index in [2.05, 4.69) is 30.2 Å². The van der Waals surface area contributed by atoms with Gasteiger partial charge in [-0.3, -0.25) is 9.69 Å². The van der Waals surface area contributed by atoms with E-state index in [1.807, 2.05) is 0 Å². The first-order chi connectivity index (χ1) is 15.7. The highest BCUT2D eigenvalue weighted by Gasteiger charge is 2.55. The second-order valence-electron chi connectivity index (χ2n) is 9.10. The number of hydrogen-bond acceptors (Lipinski definition) is 9. The van der Waals surface area contributed by atoms with Gasteiger partial charge in [0.1, 0.15) is 18.2 Å². The molecule has 32 heavy (non-hydrogen) atoms. The first kappa shape index (κ1) is 19.8. The predicted octanol–water partition coefficient (Wildman–Crippen LogP) is 1.66. The van der Waals surface area contributed by atoms with Crippen LogP contribution in [-0.2, 0) is 21.6 Å².